The second kappa shape index (κ2) is 8.10. The Labute approximate surface area is 189 Å². The fourth-order valence-corrected chi connectivity index (χ4v) is 4.23. The number of aromatic nitrogens is 2. The van der Waals surface area contributed by atoms with Gasteiger partial charge in [-0.3, -0.25) is 4.79 Å². The maximum Gasteiger partial charge on any atom is 0.254 e. The average Bonchev–Trinajstić information content (AvgIpc) is 3.24. The van der Waals surface area contributed by atoms with Crippen LogP contribution in [0.5, 0.6) is 0 Å². The molecule has 0 bridgehead atoms. The van der Waals surface area contributed by atoms with Gasteiger partial charge in [-0.1, -0.05) is 33.6 Å². The van der Waals surface area contributed by atoms with E-state index in [1.54, 1.807) is 0 Å². The van der Waals surface area contributed by atoms with Gasteiger partial charge < -0.3 is 19.8 Å². The van der Waals surface area contributed by atoms with E-state index in [4.69, 9.17) is 11.6 Å². The van der Waals surface area contributed by atoms with Gasteiger partial charge in [0.05, 0.1) is 44.6 Å². The number of carbonyl (C=O) groups excluding carboxylic acids is 1. The summed E-state index contributed by atoms with van der Waals surface area (Å²) < 4.78 is 1.83. The van der Waals surface area contributed by atoms with Crippen molar-refractivity contribution in [2.45, 2.75) is 6.42 Å². The van der Waals surface area contributed by atoms with Gasteiger partial charge in [-0.25, -0.2) is 0 Å². The molecule has 0 saturated carbocycles. The summed E-state index contributed by atoms with van der Waals surface area (Å²) in [4.78, 5) is 20.1. The number of hydrogen-bond donors (Lipinski definition) is 3. The minimum absolute atomic E-state index is 0.0725. The van der Waals surface area contributed by atoms with Crippen LogP contribution in [0.3, 0.4) is 0 Å². The zero-order valence-corrected chi connectivity index (χ0v) is 19.6. The molecule has 2 aromatic heterocycles. The molecule has 0 aliphatic carbocycles. The number of rotatable bonds is 6. The van der Waals surface area contributed by atoms with Crippen LogP contribution in [0.2, 0.25) is 5.02 Å². The Morgan fingerprint density at radius 2 is 1.87 bits per heavy atom. The number of halogens is 2. The molecule has 0 fully saturated rings. The average molecular weight is 489 g/mol. The van der Waals surface area contributed by atoms with Crippen molar-refractivity contribution in [2.24, 2.45) is 0 Å². The Morgan fingerprint density at radius 3 is 2.63 bits per heavy atom. The van der Waals surface area contributed by atoms with E-state index in [-0.39, 0.29) is 5.91 Å². The molecule has 7 heteroatoms. The Bertz CT molecular complexity index is 1240. The minimum atomic E-state index is -0.0725. The summed E-state index contributed by atoms with van der Waals surface area (Å²) in [7, 11) is 6.46. The number of benzene rings is 2. The van der Waals surface area contributed by atoms with Crippen LogP contribution in [-0.4, -0.2) is 54.6 Å². The predicted octanol–water partition coefficient (Wildman–Crippen LogP) is 5.56. The molecule has 0 unspecified atom stereocenters. The van der Waals surface area contributed by atoms with Crippen LogP contribution in [0.15, 0.2) is 46.9 Å². The summed E-state index contributed by atoms with van der Waals surface area (Å²) in [5, 5.41) is 5.69. The molecule has 0 aliphatic heterocycles. The van der Waals surface area contributed by atoms with Crippen LogP contribution in [0.4, 0.5) is 0 Å². The number of carbonyl (C=O) groups is 1. The summed E-state index contributed by atoms with van der Waals surface area (Å²) in [5.74, 6) is -0.0725. The van der Waals surface area contributed by atoms with E-state index in [0.29, 0.717) is 17.1 Å². The molecule has 0 radical (unpaired) electrons. The first-order valence-electron chi connectivity index (χ1n) is 9.90. The van der Waals surface area contributed by atoms with Crippen LogP contribution >= 0.6 is 27.5 Å². The maximum atomic E-state index is 13.2. The molecule has 30 heavy (non-hydrogen) atoms. The first-order chi connectivity index (χ1) is 14.2. The van der Waals surface area contributed by atoms with Gasteiger partial charge in [-0.05, 0) is 36.4 Å². The van der Waals surface area contributed by atoms with E-state index in [1.807, 2.05) is 42.5 Å². The minimum Gasteiger partial charge on any atom is -0.353 e. The van der Waals surface area contributed by atoms with Crippen molar-refractivity contribution in [2.75, 3.05) is 34.2 Å². The molecule has 4 aromatic rings. The molecule has 156 valence electrons. The molecule has 0 saturated heterocycles. The Kier molecular flexibility index (Phi) is 5.66. The van der Waals surface area contributed by atoms with Crippen molar-refractivity contribution in [1.29, 1.82) is 0 Å². The molecule has 3 N–H and O–H groups in total. The molecule has 0 spiro atoms. The first kappa shape index (κ1) is 21.0. The number of hydrogen-bond acceptors (Lipinski definition) is 1. The van der Waals surface area contributed by atoms with Crippen LogP contribution in [0.1, 0.15) is 16.8 Å². The lowest BCUT2D eigenvalue weighted by atomic mass is 10.1. The SMILES string of the molecule is C[N+](C)(C)CCCNC(=O)c1c(-c2cc3cc(Cl)ccc3[nH]2)[nH]c2cc(Br)ccc12. The molecular weight excluding hydrogens is 464 g/mol. The van der Waals surface area contributed by atoms with Crippen molar-refractivity contribution in [3.8, 4) is 11.4 Å². The van der Waals surface area contributed by atoms with Crippen LogP contribution < -0.4 is 5.32 Å². The van der Waals surface area contributed by atoms with Crippen molar-refractivity contribution in [3.63, 3.8) is 0 Å². The van der Waals surface area contributed by atoms with Crippen molar-refractivity contribution >= 4 is 55.2 Å². The number of H-pyrrole nitrogens is 2. The molecule has 0 aliphatic rings. The van der Waals surface area contributed by atoms with Crippen molar-refractivity contribution < 1.29 is 9.28 Å². The lowest BCUT2D eigenvalue weighted by molar-refractivity contribution is -0.870. The van der Waals surface area contributed by atoms with E-state index in [1.165, 1.54) is 0 Å². The molecule has 2 heterocycles. The van der Waals surface area contributed by atoms with E-state index in [0.717, 1.165) is 55.1 Å². The highest BCUT2D eigenvalue weighted by molar-refractivity contribution is 9.10. The number of nitrogens with zero attached hydrogens (tertiary/aromatic N) is 1. The zero-order valence-electron chi connectivity index (χ0n) is 17.3. The van der Waals surface area contributed by atoms with E-state index in [9.17, 15) is 4.79 Å². The van der Waals surface area contributed by atoms with E-state index in [2.05, 4.69) is 52.4 Å². The first-order valence-corrected chi connectivity index (χ1v) is 11.1. The molecule has 4 rings (SSSR count). The normalized spacial score (nSPS) is 12.0. The smallest absolute Gasteiger partial charge is 0.254 e. The molecule has 0 atom stereocenters. The Hall–Kier alpha value is -2.28. The number of amides is 1. The summed E-state index contributed by atoms with van der Waals surface area (Å²) in [6.07, 6.45) is 0.920. The highest BCUT2D eigenvalue weighted by Gasteiger charge is 2.21. The third-order valence-electron chi connectivity index (χ3n) is 5.13. The molecule has 2 aromatic carbocycles. The number of aromatic amines is 2. The highest BCUT2D eigenvalue weighted by Crippen LogP contribution is 2.33. The maximum absolute atomic E-state index is 13.2. The topological polar surface area (TPSA) is 60.7 Å². The summed E-state index contributed by atoms with van der Waals surface area (Å²) in [6.45, 7) is 1.63. The lowest BCUT2D eigenvalue weighted by Crippen LogP contribution is -2.37. The third kappa shape index (κ3) is 4.41. The van der Waals surface area contributed by atoms with Gasteiger partial charge in [-0.15, -0.1) is 0 Å². The van der Waals surface area contributed by atoms with Gasteiger partial charge in [0.15, 0.2) is 0 Å². The molecule has 5 nitrogen and oxygen atoms in total. The Balaban J connectivity index is 1.72. The monoisotopic (exact) mass is 487 g/mol. The van der Waals surface area contributed by atoms with E-state index < -0.39 is 0 Å². The highest BCUT2D eigenvalue weighted by atomic mass is 79.9. The quantitative estimate of drug-likeness (QED) is 0.241. The van der Waals surface area contributed by atoms with Crippen LogP contribution in [-0.2, 0) is 0 Å². The van der Waals surface area contributed by atoms with Gasteiger partial charge in [0, 0.05) is 44.3 Å². The second-order valence-corrected chi connectivity index (χ2v) is 9.95. The van der Waals surface area contributed by atoms with Gasteiger partial charge in [0.2, 0.25) is 0 Å². The molecular formula is C23H25BrClN4O+. The lowest BCUT2D eigenvalue weighted by Gasteiger charge is -2.23. The fraction of sp³-hybridized carbons (Fsp3) is 0.261. The Morgan fingerprint density at radius 1 is 1.07 bits per heavy atom. The summed E-state index contributed by atoms with van der Waals surface area (Å²) in [6, 6.07) is 13.7. The third-order valence-corrected chi connectivity index (χ3v) is 5.86. The van der Waals surface area contributed by atoms with Crippen molar-refractivity contribution in [1.82, 2.24) is 15.3 Å². The van der Waals surface area contributed by atoms with Gasteiger partial charge >= 0.3 is 0 Å². The second-order valence-electron chi connectivity index (χ2n) is 8.60. The van der Waals surface area contributed by atoms with Gasteiger partial charge in [0.1, 0.15) is 0 Å². The van der Waals surface area contributed by atoms with Gasteiger partial charge in [-0.2, -0.15) is 0 Å². The molecule has 1 amide bonds. The fourth-order valence-electron chi connectivity index (χ4n) is 3.69. The largest absolute Gasteiger partial charge is 0.353 e. The standard InChI is InChI=1S/C23H24BrClN4O/c1-29(2,3)10-4-9-26-23(30)21-17-7-5-15(24)13-19(17)28-22(21)20-12-14-11-16(25)6-8-18(14)27-20/h5-8,11-13H,4,9-10H2,1-3H3,(H2-,26,27,28,30)/p+1. The van der Waals surface area contributed by atoms with E-state index >= 15 is 0 Å². The van der Waals surface area contributed by atoms with Crippen LogP contribution in [0, 0.1) is 0 Å². The number of quaternary nitrogens is 1. The number of fused-ring (bicyclic) bond motifs is 2. The van der Waals surface area contributed by atoms with Crippen molar-refractivity contribution in [3.05, 3.63) is 57.5 Å². The zero-order chi connectivity index (χ0) is 21.5. The predicted molar refractivity (Wildman–Crippen MR) is 128 cm³/mol. The summed E-state index contributed by atoms with van der Waals surface area (Å²) in [5.41, 5.74) is 4.17. The summed E-state index contributed by atoms with van der Waals surface area (Å²) >= 11 is 9.67. The van der Waals surface area contributed by atoms with Gasteiger partial charge in [0.25, 0.3) is 5.91 Å². The van der Waals surface area contributed by atoms with Crippen LogP contribution in [0.25, 0.3) is 33.2 Å². The number of nitrogens with one attached hydrogen (secondary N) is 3.